The van der Waals surface area contributed by atoms with Crippen LogP contribution in [0.4, 0.5) is 10.1 Å². The first-order valence-electron chi connectivity index (χ1n) is 8.64. The molecule has 2 aliphatic rings. The van der Waals surface area contributed by atoms with Gasteiger partial charge < -0.3 is 10.1 Å². The summed E-state index contributed by atoms with van der Waals surface area (Å²) in [7, 11) is 0. The zero-order valence-corrected chi connectivity index (χ0v) is 14.6. The number of nitrogens with zero attached hydrogens (tertiary/aromatic N) is 1. The number of fused-ring (bicyclic) bond motifs is 1. The van der Waals surface area contributed by atoms with Gasteiger partial charge in [-0.15, -0.1) is 0 Å². The van der Waals surface area contributed by atoms with E-state index in [1.165, 1.54) is 11.0 Å². The van der Waals surface area contributed by atoms with E-state index in [0.29, 0.717) is 28.8 Å². The van der Waals surface area contributed by atoms with Gasteiger partial charge in [0.25, 0.3) is 0 Å². The predicted octanol–water partition coefficient (Wildman–Crippen LogP) is 2.93. The van der Waals surface area contributed by atoms with Crippen LogP contribution in [0.15, 0.2) is 42.5 Å². The number of cyclic esters (lactones) is 1. The number of rotatable bonds is 3. The number of nitrogens with one attached hydrogen (secondary N) is 1. The maximum absolute atomic E-state index is 13.7. The number of carbonyl (C=O) groups is 3. The van der Waals surface area contributed by atoms with E-state index in [1.54, 1.807) is 43.3 Å². The molecule has 2 heterocycles. The number of esters is 1. The highest BCUT2D eigenvalue weighted by atomic mass is 19.1. The molecule has 0 aliphatic carbocycles. The number of halogens is 1. The van der Waals surface area contributed by atoms with Crippen molar-refractivity contribution in [3.05, 3.63) is 65.0 Å². The normalized spacial score (nSPS) is 21.2. The van der Waals surface area contributed by atoms with Gasteiger partial charge in [0.15, 0.2) is 0 Å². The topological polar surface area (TPSA) is 75.7 Å². The molecule has 7 heteroatoms. The quantitative estimate of drug-likeness (QED) is 0.846. The first-order valence-corrected chi connectivity index (χ1v) is 8.64. The van der Waals surface area contributed by atoms with Crippen LogP contribution >= 0.6 is 0 Å². The van der Waals surface area contributed by atoms with Gasteiger partial charge in [-0.1, -0.05) is 24.3 Å². The Kier molecular flexibility index (Phi) is 4.14. The molecule has 2 aromatic rings. The molecule has 4 rings (SSSR count). The highest BCUT2D eigenvalue weighted by Crippen LogP contribution is 2.38. The van der Waals surface area contributed by atoms with E-state index in [2.05, 4.69) is 5.32 Å². The van der Waals surface area contributed by atoms with Crippen LogP contribution in [0.1, 0.15) is 40.6 Å². The zero-order chi connectivity index (χ0) is 19.1. The summed E-state index contributed by atoms with van der Waals surface area (Å²) in [5, 5.41) is 2.65. The molecule has 2 aliphatic heterocycles. The van der Waals surface area contributed by atoms with Crippen LogP contribution in [-0.2, 0) is 14.3 Å². The molecule has 2 amide bonds. The highest BCUT2D eigenvalue weighted by Gasteiger charge is 2.46. The largest absolute Gasteiger partial charge is 0.433 e. The van der Waals surface area contributed by atoms with Crippen LogP contribution in [0.25, 0.3) is 0 Å². The molecule has 6 nitrogen and oxygen atoms in total. The number of hydrogen-bond donors (Lipinski definition) is 1. The molecule has 0 radical (unpaired) electrons. The Labute approximate surface area is 154 Å². The molecule has 0 aromatic heterocycles. The molecule has 0 saturated carbocycles. The average molecular weight is 368 g/mol. The van der Waals surface area contributed by atoms with Gasteiger partial charge in [0, 0.05) is 17.7 Å². The molecular formula is C20H17FN2O4. The average Bonchev–Trinajstić information content (AvgIpc) is 3.19. The van der Waals surface area contributed by atoms with Gasteiger partial charge in [0.1, 0.15) is 11.9 Å². The number of amides is 2. The summed E-state index contributed by atoms with van der Waals surface area (Å²) in [6.07, 6.45) is -0.444. The lowest BCUT2D eigenvalue weighted by Gasteiger charge is -2.29. The Hall–Kier alpha value is -3.22. The summed E-state index contributed by atoms with van der Waals surface area (Å²) >= 11 is 0. The van der Waals surface area contributed by atoms with Crippen LogP contribution in [0.2, 0.25) is 0 Å². The van der Waals surface area contributed by atoms with E-state index in [1.807, 2.05) is 0 Å². The van der Waals surface area contributed by atoms with Crippen molar-refractivity contribution >= 4 is 23.5 Å². The molecule has 0 bridgehead atoms. The third-order valence-electron chi connectivity index (χ3n) is 4.92. The molecule has 0 unspecified atom stereocenters. The van der Waals surface area contributed by atoms with Crippen LogP contribution < -0.4 is 5.32 Å². The minimum absolute atomic E-state index is 0.177. The highest BCUT2D eigenvalue weighted by molar-refractivity contribution is 6.00. The minimum Gasteiger partial charge on any atom is -0.433 e. The van der Waals surface area contributed by atoms with Crippen molar-refractivity contribution in [1.82, 2.24) is 4.90 Å². The van der Waals surface area contributed by atoms with Crippen molar-refractivity contribution in [3.8, 4) is 0 Å². The van der Waals surface area contributed by atoms with Crippen LogP contribution in [-0.4, -0.2) is 28.7 Å². The Bertz CT molecular complexity index is 959. The fourth-order valence-electron chi connectivity index (χ4n) is 3.48. The van der Waals surface area contributed by atoms with Gasteiger partial charge in [-0.2, -0.15) is 0 Å². The maximum atomic E-state index is 13.7. The van der Waals surface area contributed by atoms with Crippen LogP contribution in [0, 0.1) is 12.7 Å². The Morgan fingerprint density at radius 2 is 2.00 bits per heavy atom. The van der Waals surface area contributed by atoms with Crippen LogP contribution in [0.5, 0.6) is 0 Å². The van der Waals surface area contributed by atoms with E-state index >= 15 is 0 Å². The molecule has 2 aromatic carbocycles. The lowest BCUT2D eigenvalue weighted by molar-refractivity contribution is -0.144. The zero-order valence-electron chi connectivity index (χ0n) is 14.6. The SMILES string of the molecule is Cc1ccc(NC(=O)[C@@H]2CCC(=O)N2[C@@H]2OC(=O)c3ccccc32)cc1F. The number of likely N-dealkylation sites (tertiary alicyclic amines) is 1. The van der Waals surface area contributed by atoms with E-state index in [-0.39, 0.29) is 12.3 Å². The second kappa shape index (κ2) is 6.50. The second-order valence-electron chi connectivity index (χ2n) is 6.65. The number of hydrogen-bond acceptors (Lipinski definition) is 4. The van der Waals surface area contributed by atoms with Crippen molar-refractivity contribution in [2.24, 2.45) is 0 Å². The van der Waals surface area contributed by atoms with Gasteiger partial charge >= 0.3 is 5.97 Å². The third-order valence-corrected chi connectivity index (χ3v) is 4.92. The van der Waals surface area contributed by atoms with Gasteiger partial charge in [0.2, 0.25) is 18.0 Å². The molecule has 138 valence electrons. The molecule has 0 spiro atoms. The van der Waals surface area contributed by atoms with E-state index in [9.17, 15) is 18.8 Å². The Balaban J connectivity index is 1.59. The monoisotopic (exact) mass is 368 g/mol. The van der Waals surface area contributed by atoms with Gasteiger partial charge in [-0.3, -0.25) is 14.5 Å². The third kappa shape index (κ3) is 2.95. The summed E-state index contributed by atoms with van der Waals surface area (Å²) in [6.45, 7) is 1.63. The van der Waals surface area contributed by atoms with E-state index < -0.39 is 30.0 Å². The van der Waals surface area contributed by atoms with E-state index in [4.69, 9.17) is 4.74 Å². The molecule has 1 N–H and O–H groups in total. The van der Waals surface area contributed by atoms with Crippen molar-refractivity contribution in [3.63, 3.8) is 0 Å². The summed E-state index contributed by atoms with van der Waals surface area (Å²) in [6, 6.07) is 10.4. The van der Waals surface area contributed by atoms with Crippen molar-refractivity contribution < 1.29 is 23.5 Å². The smallest absolute Gasteiger partial charge is 0.340 e. The van der Waals surface area contributed by atoms with Gasteiger partial charge in [-0.05, 0) is 37.1 Å². The number of aryl methyl sites for hydroxylation is 1. The molecule has 1 fully saturated rings. The lowest BCUT2D eigenvalue weighted by atomic mass is 10.1. The Morgan fingerprint density at radius 1 is 1.22 bits per heavy atom. The van der Waals surface area contributed by atoms with Gasteiger partial charge in [0.05, 0.1) is 5.56 Å². The summed E-state index contributed by atoms with van der Waals surface area (Å²) in [4.78, 5) is 38.6. The van der Waals surface area contributed by atoms with E-state index in [0.717, 1.165) is 0 Å². The standard InChI is InChI=1S/C20H17FN2O4/c1-11-6-7-12(10-15(11)21)22-18(25)16-8-9-17(24)23(16)19-13-4-2-3-5-14(13)20(26)27-19/h2-7,10,16,19H,8-9H2,1H3,(H,22,25)/t16-,19+/m0/s1. The second-order valence-corrected chi connectivity index (χ2v) is 6.65. The molecule has 2 atom stereocenters. The fraction of sp³-hybridized carbons (Fsp3) is 0.250. The van der Waals surface area contributed by atoms with Gasteiger partial charge in [-0.25, -0.2) is 9.18 Å². The van der Waals surface area contributed by atoms with Crippen molar-refractivity contribution in [2.45, 2.75) is 32.0 Å². The first-order chi connectivity index (χ1) is 13.0. The summed E-state index contributed by atoms with van der Waals surface area (Å²) < 4.78 is 19.1. The number of ether oxygens (including phenoxy) is 1. The number of benzene rings is 2. The summed E-state index contributed by atoms with van der Waals surface area (Å²) in [5.74, 6) is -1.65. The maximum Gasteiger partial charge on any atom is 0.340 e. The van der Waals surface area contributed by atoms with Crippen LogP contribution in [0.3, 0.4) is 0 Å². The molecule has 27 heavy (non-hydrogen) atoms. The van der Waals surface area contributed by atoms with Crippen molar-refractivity contribution in [2.75, 3.05) is 5.32 Å². The first kappa shape index (κ1) is 17.2. The fourth-order valence-corrected chi connectivity index (χ4v) is 3.48. The molecular weight excluding hydrogens is 351 g/mol. The summed E-state index contributed by atoms with van der Waals surface area (Å²) in [5.41, 5.74) is 1.74. The number of carbonyl (C=O) groups excluding carboxylic acids is 3. The predicted molar refractivity (Wildman–Crippen MR) is 94.2 cm³/mol. The Morgan fingerprint density at radius 3 is 2.78 bits per heavy atom. The minimum atomic E-state index is -0.922. The molecule has 1 saturated heterocycles. The number of anilines is 1. The van der Waals surface area contributed by atoms with Crippen molar-refractivity contribution in [1.29, 1.82) is 0 Å². The lowest BCUT2D eigenvalue weighted by Crippen LogP contribution is -2.43.